The molecule has 0 atom stereocenters. The number of hydrogen-bond acceptors (Lipinski definition) is 5. The second-order valence-electron chi connectivity index (χ2n) is 7.32. The number of H-pyrrole nitrogens is 1. The maximum atomic E-state index is 12.7. The van der Waals surface area contributed by atoms with E-state index in [4.69, 9.17) is 0 Å². The molecule has 1 amide bonds. The number of fused-ring (bicyclic) bond motifs is 3. The SMILES string of the molecule is Cc1cccc(-c2n[nH]n3c2nc(=O)c2ccc(C(=O)NCCc4cccs4)cc23)c1. The molecule has 3 heterocycles. The number of hydrogen-bond donors (Lipinski definition) is 2. The third-order valence-corrected chi connectivity index (χ3v) is 6.09. The van der Waals surface area contributed by atoms with E-state index in [0.717, 1.165) is 17.5 Å². The molecule has 0 radical (unpaired) electrons. The lowest BCUT2D eigenvalue weighted by Gasteiger charge is -2.07. The Morgan fingerprint density at radius 3 is 2.87 bits per heavy atom. The number of amides is 1. The van der Waals surface area contributed by atoms with Crippen LogP contribution in [0, 0.1) is 6.92 Å². The first-order valence-corrected chi connectivity index (χ1v) is 10.8. The molecule has 5 aromatic rings. The predicted octanol–water partition coefficient (Wildman–Crippen LogP) is 3.58. The topological polar surface area (TPSA) is 92.2 Å². The molecule has 2 aromatic carbocycles. The number of carbonyl (C=O) groups is 1. The highest BCUT2D eigenvalue weighted by atomic mass is 32.1. The monoisotopic (exact) mass is 429 g/mol. The van der Waals surface area contributed by atoms with Crippen molar-refractivity contribution in [3.8, 4) is 11.3 Å². The second kappa shape index (κ2) is 7.81. The molecule has 0 aliphatic carbocycles. The third kappa shape index (κ3) is 3.62. The number of carbonyl (C=O) groups excluding carboxylic acids is 1. The summed E-state index contributed by atoms with van der Waals surface area (Å²) in [6.07, 6.45) is 0.783. The largest absolute Gasteiger partial charge is 0.352 e. The molecule has 0 spiro atoms. The van der Waals surface area contributed by atoms with Gasteiger partial charge in [0.05, 0.1) is 10.9 Å². The van der Waals surface area contributed by atoms with E-state index < -0.39 is 0 Å². The number of nitrogens with one attached hydrogen (secondary N) is 2. The molecule has 7 nitrogen and oxygen atoms in total. The first kappa shape index (κ1) is 19.2. The van der Waals surface area contributed by atoms with Gasteiger partial charge in [-0.15, -0.1) is 11.3 Å². The molecule has 0 saturated heterocycles. The lowest BCUT2D eigenvalue weighted by Crippen LogP contribution is -2.25. The average Bonchev–Trinajstić information content (AvgIpc) is 3.43. The van der Waals surface area contributed by atoms with Gasteiger partial charge in [-0.1, -0.05) is 29.8 Å². The molecule has 0 aliphatic heterocycles. The summed E-state index contributed by atoms with van der Waals surface area (Å²) in [6.45, 7) is 2.54. The molecule has 0 saturated carbocycles. The maximum Gasteiger partial charge on any atom is 0.281 e. The minimum Gasteiger partial charge on any atom is -0.352 e. The predicted molar refractivity (Wildman–Crippen MR) is 122 cm³/mol. The van der Waals surface area contributed by atoms with E-state index in [9.17, 15) is 9.59 Å². The van der Waals surface area contributed by atoms with Crippen LogP contribution in [0.4, 0.5) is 0 Å². The normalized spacial score (nSPS) is 11.3. The fourth-order valence-electron chi connectivity index (χ4n) is 3.61. The van der Waals surface area contributed by atoms with Gasteiger partial charge in [0.15, 0.2) is 5.65 Å². The van der Waals surface area contributed by atoms with Crippen molar-refractivity contribution in [2.24, 2.45) is 0 Å². The van der Waals surface area contributed by atoms with Gasteiger partial charge in [-0.3, -0.25) is 9.59 Å². The number of thiophene rings is 1. The first-order valence-electron chi connectivity index (χ1n) is 9.89. The Labute approximate surface area is 181 Å². The summed E-state index contributed by atoms with van der Waals surface area (Å²) in [6, 6.07) is 16.9. The van der Waals surface area contributed by atoms with E-state index in [2.05, 4.69) is 20.6 Å². The van der Waals surface area contributed by atoms with Gasteiger partial charge >= 0.3 is 0 Å². The first-order chi connectivity index (χ1) is 15.1. The molecule has 154 valence electrons. The van der Waals surface area contributed by atoms with Gasteiger partial charge in [0.1, 0.15) is 5.69 Å². The minimum absolute atomic E-state index is 0.185. The molecular weight excluding hydrogens is 410 g/mol. The summed E-state index contributed by atoms with van der Waals surface area (Å²) >= 11 is 1.67. The van der Waals surface area contributed by atoms with Gasteiger partial charge < -0.3 is 5.32 Å². The van der Waals surface area contributed by atoms with Crippen molar-refractivity contribution < 1.29 is 4.79 Å². The molecule has 2 N–H and O–H groups in total. The summed E-state index contributed by atoms with van der Waals surface area (Å²) in [4.78, 5) is 30.8. The van der Waals surface area contributed by atoms with Crippen LogP contribution in [-0.4, -0.2) is 32.3 Å². The number of aryl methyl sites for hydroxylation is 1. The van der Waals surface area contributed by atoms with Crippen molar-refractivity contribution in [2.45, 2.75) is 13.3 Å². The number of aromatic amines is 1. The average molecular weight is 430 g/mol. The fraction of sp³-hybridized carbons (Fsp3) is 0.130. The van der Waals surface area contributed by atoms with Gasteiger partial charge in [-0.2, -0.15) is 10.1 Å². The molecule has 8 heteroatoms. The molecular formula is C23H19N5O2S. The van der Waals surface area contributed by atoms with Crippen LogP contribution in [0.2, 0.25) is 0 Å². The van der Waals surface area contributed by atoms with Crippen LogP contribution in [0.25, 0.3) is 27.8 Å². The summed E-state index contributed by atoms with van der Waals surface area (Å²) < 4.78 is 1.65. The van der Waals surface area contributed by atoms with E-state index >= 15 is 0 Å². The van der Waals surface area contributed by atoms with Crippen molar-refractivity contribution in [2.75, 3.05) is 6.54 Å². The molecule has 5 rings (SSSR count). The zero-order valence-corrected chi connectivity index (χ0v) is 17.6. The number of rotatable bonds is 5. The van der Waals surface area contributed by atoms with Crippen LogP contribution in [0.5, 0.6) is 0 Å². The second-order valence-corrected chi connectivity index (χ2v) is 8.36. The molecule has 0 bridgehead atoms. The number of aromatic nitrogens is 4. The summed E-state index contributed by atoms with van der Waals surface area (Å²) in [5, 5.41) is 12.7. The Hall–Kier alpha value is -3.78. The van der Waals surface area contributed by atoms with Crippen molar-refractivity contribution in [3.63, 3.8) is 0 Å². The van der Waals surface area contributed by atoms with Gasteiger partial charge in [-0.05, 0) is 49.1 Å². The molecule has 31 heavy (non-hydrogen) atoms. The zero-order valence-electron chi connectivity index (χ0n) is 16.8. The van der Waals surface area contributed by atoms with E-state index in [0.29, 0.717) is 34.4 Å². The fourth-order valence-corrected chi connectivity index (χ4v) is 4.32. The van der Waals surface area contributed by atoms with E-state index in [-0.39, 0.29) is 11.5 Å². The summed E-state index contributed by atoms with van der Waals surface area (Å²) in [5.41, 5.74) is 3.66. The molecule has 3 aromatic heterocycles. The van der Waals surface area contributed by atoms with E-state index in [1.165, 1.54) is 4.88 Å². The van der Waals surface area contributed by atoms with Crippen LogP contribution in [0.3, 0.4) is 0 Å². The smallest absolute Gasteiger partial charge is 0.281 e. The minimum atomic E-state index is -0.352. The third-order valence-electron chi connectivity index (χ3n) is 5.15. The Morgan fingerprint density at radius 1 is 1.16 bits per heavy atom. The van der Waals surface area contributed by atoms with Crippen LogP contribution < -0.4 is 10.9 Å². The van der Waals surface area contributed by atoms with Crippen LogP contribution in [0.15, 0.2) is 64.8 Å². The quantitative estimate of drug-likeness (QED) is 0.447. The lowest BCUT2D eigenvalue weighted by molar-refractivity contribution is 0.0954. The van der Waals surface area contributed by atoms with Crippen LogP contribution >= 0.6 is 11.3 Å². The van der Waals surface area contributed by atoms with E-state index in [1.807, 2.05) is 48.7 Å². The molecule has 0 fully saturated rings. The van der Waals surface area contributed by atoms with Crippen LogP contribution in [-0.2, 0) is 6.42 Å². The highest BCUT2D eigenvalue weighted by molar-refractivity contribution is 7.09. The van der Waals surface area contributed by atoms with Crippen molar-refractivity contribution in [1.82, 2.24) is 25.1 Å². The maximum absolute atomic E-state index is 12.7. The van der Waals surface area contributed by atoms with Crippen molar-refractivity contribution in [1.29, 1.82) is 0 Å². The van der Waals surface area contributed by atoms with Gasteiger partial charge in [0, 0.05) is 22.5 Å². The summed E-state index contributed by atoms with van der Waals surface area (Å²) in [7, 11) is 0. The van der Waals surface area contributed by atoms with Crippen molar-refractivity contribution >= 4 is 33.8 Å². The Bertz CT molecular complexity index is 1470. The molecule has 0 aliphatic rings. The summed E-state index contributed by atoms with van der Waals surface area (Å²) in [5.74, 6) is -0.185. The van der Waals surface area contributed by atoms with Gasteiger partial charge in [-0.25, -0.2) is 9.73 Å². The Kier molecular flexibility index (Phi) is 4.83. The van der Waals surface area contributed by atoms with Crippen molar-refractivity contribution in [3.05, 3.63) is 86.3 Å². The lowest BCUT2D eigenvalue weighted by atomic mass is 10.1. The highest BCUT2D eigenvalue weighted by Crippen LogP contribution is 2.23. The Balaban J connectivity index is 1.52. The number of nitrogens with zero attached hydrogens (tertiary/aromatic N) is 3. The Morgan fingerprint density at radius 2 is 2.06 bits per heavy atom. The zero-order chi connectivity index (χ0) is 21.4. The van der Waals surface area contributed by atoms with E-state index in [1.54, 1.807) is 34.1 Å². The van der Waals surface area contributed by atoms with Gasteiger partial charge in [0.25, 0.3) is 11.5 Å². The highest BCUT2D eigenvalue weighted by Gasteiger charge is 2.16. The van der Waals surface area contributed by atoms with Crippen LogP contribution in [0.1, 0.15) is 20.8 Å². The van der Waals surface area contributed by atoms with Gasteiger partial charge in [0.2, 0.25) is 0 Å². The standard InChI is InChI=1S/C23H19N5O2S/c1-14-4-2-5-15(12-14)20-21-25-23(30)18-8-7-16(13-19(18)28(21)27-26-20)22(29)24-10-9-17-6-3-11-31-17/h2-8,11-13,27H,9-10H2,1H3,(H,24,29). The number of benzene rings is 2. The molecule has 0 unspecified atom stereocenters.